The van der Waals surface area contributed by atoms with E-state index in [-0.39, 0.29) is 5.82 Å². The summed E-state index contributed by atoms with van der Waals surface area (Å²) in [5.74, 6) is 1.02. The molecular weight excluding hydrogens is 315 g/mol. The maximum absolute atomic E-state index is 13.0. The van der Waals surface area contributed by atoms with Gasteiger partial charge in [0.2, 0.25) is 5.95 Å². The summed E-state index contributed by atoms with van der Waals surface area (Å²) in [5.41, 5.74) is 2.98. The standard InChI is InChI=1S/C20H21FN4/c1-15-14-19(24-18-11-9-17(21)10-12-18)25-20(23-15)22-13-5-8-16-6-3-2-4-7-16/h2-4,6-7,9-12,14H,5,8,13H2,1H3,(H2,22,23,24,25). The monoisotopic (exact) mass is 336 g/mol. The van der Waals surface area contributed by atoms with E-state index in [1.54, 1.807) is 12.1 Å². The van der Waals surface area contributed by atoms with Crippen molar-refractivity contribution in [2.75, 3.05) is 17.2 Å². The van der Waals surface area contributed by atoms with Crippen molar-refractivity contribution in [3.63, 3.8) is 0 Å². The molecule has 25 heavy (non-hydrogen) atoms. The first kappa shape index (κ1) is 16.9. The van der Waals surface area contributed by atoms with Crippen LogP contribution >= 0.6 is 0 Å². The lowest BCUT2D eigenvalue weighted by Gasteiger charge is -2.10. The summed E-state index contributed by atoms with van der Waals surface area (Å²) < 4.78 is 13.0. The van der Waals surface area contributed by atoms with E-state index < -0.39 is 0 Å². The average molecular weight is 336 g/mol. The molecule has 0 amide bonds. The lowest BCUT2D eigenvalue weighted by Crippen LogP contribution is -2.08. The number of nitrogens with zero attached hydrogens (tertiary/aromatic N) is 2. The smallest absolute Gasteiger partial charge is 0.224 e. The summed E-state index contributed by atoms with van der Waals surface area (Å²) in [6.07, 6.45) is 2.02. The molecule has 3 rings (SSSR count). The number of anilines is 3. The van der Waals surface area contributed by atoms with Crippen LogP contribution in [0.5, 0.6) is 0 Å². The highest BCUT2D eigenvalue weighted by Gasteiger charge is 2.03. The molecule has 0 atom stereocenters. The first-order valence-electron chi connectivity index (χ1n) is 8.35. The number of aryl methyl sites for hydroxylation is 2. The molecule has 0 fully saturated rings. The van der Waals surface area contributed by atoms with Crippen molar-refractivity contribution in [1.82, 2.24) is 9.97 Å². The minimum absolute atomic E-state index is 0.259. The van der Waals surface area contributed by atoms with Gasteiger partial charge < -0.3 is 10.6 Å². The fourth-order valence-corrected chi connectivity index (χ4v) is 2.53. The lowest BCUT2D eigenvalue weighted by atomic mass is 10.1. The van der Waals surface area contributed by atoms with Crippen molar-refractivity contribution >= 4 is 17.5 Å². The Balaban J connectivity index is 1.56. The Kier molecular flexibility index (Phi) is 5.57. The van der Waals surface area contributed by atoms with Gasteiger partial charge in [-0.1, -0.05) is 30.3 Å². The Morgan fingerprint density at radius 2 is 1.72 bits per heavy atom. The van der Waals surface area contributed by atoms with Gasteiger partial charge in [0, 0.05) is 24.0 Å². The zero-order valence-corrected chi connectivity index (χ0v) is 14.2. The van der Waals surface area contributed by atoms with Crippen molar-refractivity contribution in [3.8, 4) is 0 Å². The first-order chi connectivity index (χ1) is 12.2. The third-order valence-electron chi connectivity index (χ3n) is 3.74. The van der Waals surface area contributed by atoms with Gasteiger partial charge in [-0.05, 0) is 49.6 Å². The molecule has 0 radical (unpaired) electrons. The van der Waals surface area contributed by atoms with Crippen LogP contribution in [0.15, 0.2) is 60.7 Å². The zero-order chi connectivity index (χ0) is 17.5. The van der Waals surface area contributed by atoms with E-state index in [9.17, 15) is 4.39 Å². The maximum Gasteiger partial charge on any atom is 0.224 e. The van der Waals surface area contributed by atoms with E-state index in [2.05, 4.69) is 44.9 Å². The molecule has 2 N–H and O–H groups in total. The number of rotatable bonds is 7. The van der Waals surface area contributed by atoms with Gasteiger partial charge >= 0.3 is 0 Å². The second-order valence-corrected chi connectivity index (χ2v) is 5.87. The van der Waals surface area contributed by atoms with Gasteiger partial charge in [0.05, 0.1) is 0 Å². The Bertz CT molecular complexity index is 804. The summed E-state index contributed by atoms with van der Waals surface area (Å²) in [4.78, 5) is 8.88. The van der Waals surface area contributed by atoms with Gasteiger partial charge in [0.15, 0.2) is 0 Å². The van der Waals surface area contributed by atoms with Crippen LogP contribution in [0.4, 0.5) is 21.8 Å². The second-order valence-electron chi connectivity index (χ2n) is 5.87. The van der Waals surface area contributed by atoms with Gasteiger partial charge in [0.1, 0.15) is 11.6 Å². The zero-order valence-electron chi connectivity index (χ0n) is 14.2. The summed E-state index contributed by atoms with van der Waals surface area (Å²) in [6.45, 7) is 2.72. The van der Waals surface area contributed by atoms with Crippen LogP contribution in [0.3, 0.4) is 0 Å². The fourth-order valence-electron chi connectivity index (χ4n) is 2.53. The van der Waals surface area contributed by atoms with Gasteiger partial charge in [-0.15, -0.1) is 0 Å². The normalized spacial score (nSPS) is 10.5. The molecule has 0 saturated heterocycles. The maximum atomic E-state index is 13.0. The number of benzene rings is 2. The highest BCUT2D eigenvalue weighted by molar-refractivity contribution is 5.57. The minimum Gasteiger partial charge on any atom is -0.354 e. The Morgan fingerprint density at radius 3 is 2.48 bits per heavy atom. The quantitative estimate of drug-likeness (QED) is 0.613. The Hall–Kier alpha value is -2.95. The number of nitrogens with one attached hydrogen (secondary N) is 2. The van der Waals surface area contributed by atoms with Crippen LogP contribution in [-0.2, 0) is 6.42 Å². The van der Waals surface area contributed by atoms with Gasteiger partial charge in [-0.2, -0.15) is 4.98 Å². The van der Waals surface area contributed by atoms with Crippen LogP contribution < -0.4 is 10.6 Å². The van der Waals surface area contributed by atoms with Crippen molar-refractivity contribution in [3.05, 3.63) is 77.7 Å². The molecule has 0 spiro atoms. The molecule has 0 aliphatic heterocycles. The van der Waals surface area contributed by atoms with Crippen molar-refractivity contribution in [1.29, 1.82) is 0 Å². The highest BCUT2D eigenvalue weighted by Crippen LogP contribution is 2.17. The van der Waals surface area contributed by atoms with Crippen LogP contribution in [0.2, 0.25) is 0 Å². The van der Waals surface area contributed by atoms with E-state index in [0.29, 0.717) is 11.8 Å². The molecule has 2 aromatic carbocycles. The van der Waals surface area contributed by atoms with E-state index in [4.69, 9.17) is 0 Å². The third kappa shape index (κ3) is 5.28. The topological polar surface area (TPSA) is 49.8 Å². The highest BCUT2D eigenvalue weighted by atomic mass is 19.1. The van der Waals surface area contributed by atoms with Gasteiger partial charge in [-0.25, -0.2) is 9.37 Å². The van der Waals surface area contributed by atoms with E-state index in [1.807, 2.05) is 19.1 Å². The van der Waals surface area contributed by atoms with E-state index >= 15 is 0 Å². The van der Waals surface area contributed by atoms with E-state index in [0.717, 1.165) is 30.8 Å². The molecular formula is C20H21FN4. The number of hydrogen-bond acceptors (Lipinski definition) is 4. The third-order valence-corrected chi connectivity index (χ3v) is 3.74. The lowest BCUT2D eigenvalue weighted by molar-refractivity contribution is 0.628. The molecule has 5 heteroatoms. The number of halogens is 1. The predicted molar refractivity (Wildman–Crippen MR) is 99.7 cm³/mol. The van der Waals surface area contributed by atoms with Crippen LogP contribution in [-0.4, -0.2) is 16.5 Å². The molecule has 0 aliphatic carbocycles. The first-order valence-corrected chi connectivity index (χ1v) is 8.35. The predicted octanol–water partition coefficient (Wildman–Crippen LogP) is 4.71. The van der Waals surface area contributed by atoms with Gasteiger partial charge in [0.25, 0.3) is 0 Å². The molecule has 1 heterocycles. The SMILES string of the molecule is Cc1cc(Nc2ccc(F)cc2)nc(NCCCc2ccccc2)n1. The largest absolute Gasteiger partial charge is 0.354 e. The molecule has 0 aliphatic rings. The van der Waals surface area contributed by atoms with Crippen molar-refractivity contribution in [2.24, 2.45) is 0 Å². The van der Waals surface area contributed by atoms with Gasteiger partial charge in [-0.3, -0.25) is 0 Å². The van der Waals surface area contributed by atoms with Crippen molar-refractivity contribution in [2.45, 2.75) is 19.8 Å². The summed E-state index contributed by atoms with van der Waals surface area (Å²) in [7, 11) is 0. The number of hydrogen-bond donors (Lipinski definition) is 2. The molecule has 3 aromatic rings. The number of aromatic nitrogens is 2. The van der Waals surface area contributed by atoms with Crippen LogP contribution in [0.25, 0.3) is 0 Å². The molecule has 128 valence electrons. The summed E-state index contributed by atoms with van der Waals surface area (Å²) in [5, 5.41) is 6.44. The summed E-state index contributed by atoms with van der Waals surface area (Å²) in [6, 6.07) is 18.5. The Labute approximate surface area is 147 Å². The van der Waals surface area contributed by atoms with E-state index in [1.165, 1.54) is 17.7 Å². The molecule has 0 bridgehead atoms. The van der Waals surface area contributed by atoms with Crippen LogP contribution in [0.1, 0.15) is 17.7 Å². The molecule has 0 saturated carbocycles. The molecule has 4 nitrogen and oxygen atoms in total. The molecule has 0 unspecified atom stereocenters. The minimum atomic E-state index is -0.259. The Morgan fingerprint density at radius 1 is 0.960 bits per heavy atom. The van der Waals surface area contributed by atoms with Crippen molar-refractivity contribution < 1.29 is 4.39 Å². The van der Waals surface area contributed by atoms with Crippen LogP contribution in [0, 0.1) is 12.7 Å². The fraction of sp³-hybridized carbons (Fsp3) is 0.200. The average Bonchev–Trinajstić information content (AvgIpc) is 2.61. The molecule has 1 aromatic heterocycles. The summed E-state index contributed by atoms with van der Waals surface area (Å²) >= 11 is 0. The second kappa shape index (κ2) is 8.24.